The molecule has 2 rings (SSSR count). The van der Waals surface area contributed by atoms with E-state index in [2.05, 4.69) is 27.0 Å². The molecular formula is C10H15N5O. The summed E-state index contributed by atoms with van der Waals surface area (Å²) in [7, 11) is 0. The Bertz CT molecular complexity index is 371. The fraction of sp³-hybridized carbons (Fsp3) is 0.500. The summed E-state index contributed by atoms with van der Waals surface area (Å²) in [6.45, 7) is 2.75. The van der Waals surface area contributed by atoms with Crippen molar-refractivity contribution in [2.45, 2.75) is 13.0 Å². The van der Waals surface area contributed by atoms with E-state index >= 15 is 0 Å². The molecule has 1 aromatic rings. The smallest absolute Gasteiger partial charge is 0.242 e. The molecule has 1 amide bonds. The first-order valence-corrected chi connectivity index (χ1v) is 5.34. The number of carbonyl (C=O) groups is 1. The molecule has 0 atom stereocenters. The van der Waals surface area contributed by atoms with Crippen LogP contribution in [0.25, 0.3) is 0 Å². The van der Waals surface area contributed by atoms with Gasteiger partial charge in [0.05, 0.1) is 6.20 Å². The van der Waals surface area contributed by atoms with E-state index in [1.165, 1.54) is 10.3 Å². The first-order chi connectivity index (χ1) is 7.84. The fourth-order valence-electron chi connectivity index (χ4n) is 1.56. The molecule has 1 aliphatic heterocycles. The van der Waals surface area contributed by atoms with E-state index < -0.39 is 0 Å². The molecule has 2 heterocycles. The standard InChI is InChI=1S/C10H15N5O/c16-10(8-15-6-5-13-14-15)12-7-9-1-3-11-4-2-9/h1,5-6,11H,2-4,7-8H2,(H,12,16). The van der Waals surface area contributed by atoms with E-state index in [9.17, 15) is 4.79 Å². The molecule has 6 nitrogen and oxygen atoms in total. The van der Waals surface area contributed by atoms with Crippen LogP contribution in [0.4, 0.5) is 0 Å². The van der Waals surface area contributed by atoms with Crippen LogP contribution in [0.5, 0.6) is 0 Å². The van der Waals surface area contributed by atoms with Gasteiger partial charge in [0, 0.05) is 19.3 Å². The normalized spacial score (nSPS) is 15.6. The predicted molar refractivity (Wildman–Crippen MR) is 58.6 cm³/mol. The summed E-state index contributed by atoms with van der Waals surface area (Å²) in [5.41, 5.74) is 1.28. The van der Waals surface area contributed by atoms with Gasteiger partial charge in [-0.05, 0) is 13.0 Å². The number of nitrogens with one attached hydrogen (secondary N) is 2. The van der Waals surface area contributed by atoms with E-state index in [4.69, 9.17) is 0 Å². The number of hydrogen-bond acceptors (Lipinski definition) is 4. The summed E-state index contributed by atoms with van der Waals surface area (Å²) in [5, 5.41) is 13.5. The zero-order chi connectivity index (χ0) is 11.2. The van der Waals surface area contributed by atoms with E-state index in [0.717, 1.165) is 19.5 Å². The minimum Gasteiger partial charge on any atom is -0.351 e. The molecule has 1 aliphatic rings. The average Bonchev–Trinajstić information content (AvgIpc) is 2.81. The van der Waals surface area contributed by atoms with E-state index in [-0.39, 0.29) is 12.5 Å². The van der Waals surface area contributed by atoms with Crippen molar-refractivity contribution in [1.82, 2.24) is 25.6 Å². The van der Waals surface area contributed by atoms with Gasteiger partial charge < -0.3 is 10.6 Å². The van der Waals surface area contributed by atoms with Crippen molar-refractivity contribution in [1.29, 1.82) is 0 Å². The van der Waals surface area contributed by atoms with Crippen molar-refractivity contribution >= 4 is 5.91 Å². The van der Waals surface area contributed by atoms with Crippen molar-refractivity contribution in [3.63, 3.8) is 0 Å². The van der Waals surface area contributed by atoms with Gasteiger partial charge in [-0.15, -0.1) is 5.10 Å². The second-order valence-corrected chi connectivity index (χ2v) is 3.69. The summed E-state index contributed by atoms with van der Waals surface area (Å²) >= 11 is 0. The molecule has 0 saturated heterocycles. The highest BCUT2D eigenvalue weighted by atomic mass is 16.2. The Hall–Kier alpha value is -1.69. The van der Waals surface area contributed by atoms with Crippen molar-refractivity contribution in [3.05, 3.63) is 24.0 Å². The molecule has 0 aliphatic carbocycles. The number of amides is 1. The SMILES string of the molecule is O=C(Cn1ccnn1)NCC1=CCNCC1. The van der Waals surface area contributed by atoms with Crippen molar-refractivity contribution in [2.24, 2.45) is 0 Å². The molecule has 1 aromatic heterocycles. The lowest BCUT2D eigenvalue weighted by Crippen LogP contribution is -2.32. The quantitative estimate of drug-likeness (QED) is 0.660. The summed E-state index contributed by atoms with van der Waals surface area (Å²) in [4.78, 5) is 11.5. The van der Waals surface area contributed by atoms with Crippen LogP contribution in [0.1, 0.15) is 6.42 Å². The highest BCUT2D eigenvalue weighted by molar-refractivity contribution is 5.75. The maximum absolute atomic E-state index is 11.5. The van der Waals surface area contributed by atoms with Crippen LogP contribution < -0.4 is 10.6 Å². The van der Waals surface area contributed by atoms with Crippen LogP contribution in [0.3, 0.4) is 0 Å². The van der Waals surface area contributed by atoms with Crippen molar-refractivity contribution in [2.75, 3.05) is 19.6 Å². The summed E-state index contributed by atoms with van der Waals surface area (Å²) < 4.78 is 1.51. The van der Waals surface area contributed by atoms with Crippen LogP contribution in [-0.4, -0.2) is 40.5 Å². The van der Waals surface area contributed by atoms with Gasteiger partial charge in [-0.1, -0.05) is 16.9 Å². The zero-order valence-corrected chi connectivity index (χ0v) is 9.02. The Morgan fingerprint density at radius 1 is 1.62 bits per heavy atom. The number of carbonyl (C=O) groups excluding carboxylic acids is 1. The maximum atomic E-state index is 11.5. The van der Waals surface area contributed by atoms with E-state index in [1.54, 1.807) is 12.4 Å². The van der Waals surface area contributed by atoms with Gasteiger partial charge in [-0.2, -0.15) is 0 Å². The molecule has 86 valence electrons. The molecule has 0 bridgehead atoms. The van der Waals surface area contributed by atoms with Gasteiger partial charge >= 0.3 is 0 Å². The molecule has 0 saturated carbocycles. The minimum atomic E-state index is -0.0371. The lowest BCUT2D eigenvalue weighted by molar-refractivity contribution is -0.121. The Kier molecular flexibility index (Phi) is 3.66. The zero-order valence-electron chi connectivity index (χ0n) is 9.02. The van der Waals surface area contributed by atoms with Crippen LogP contribution in [0.2, 0.25) is 0 Å². The topological polar surface area (TPSA) is 71.8 Å². The molecule has 0 unspecified atom stereocenters. The highest BCUT2D eigenvalue weighted by Crippen LogP contribution is 2.01. The molecule has 0 fully saturated rings. The fourth-order valence-corrected chi connectivity index (χ4v) is 1.56. The predicted octanol–water partition coefficient (Wildman–Crippen LogP) is -0.686. The van der Waals surface area contributed by atoms with Crippen LogP contribution in [-0.2, 0) is 11.3 Å². The first kappa shape index (κ1) is 10.8. The molecule has 0 radical (unpaired) electrons. The van der Waals surface area contributed by atoms with Crippen molar-refractivity contribution in [3.8, 4) is 0 Å². The summed E-state index contributed by atoms with van der Waals surface area (Å²) in [6, 6.07) is 0. The van der Waals surface area contributed by atoms with E-state index in [1.807, 2.05) is 0 Å². The number of hydrogen-bond donors (Lipinski definition) is 2. The lowest BCUT2D eigenvalue weighted by Gasteiger charge is -2.14. The van der Waals surface area contributed by atoms with Gasteiger partial charge in [-0.3, -0.25) is 4.79 Å². The van der Waals surface area contributed by atoms with Gasteiger partial charge in [0.1, 0.15) is 6.54 Å². The maximum Gasteiger partial charge on any atom is 0.242 e. The van der Waals surface area contributed by atoms with Gasteiger partial charge in [-0.25, -0.2) is 4.68 Å². The third kappa shape index (κ3) is 3.16. The monoisotopic (exact) mass is 221 g/mol. The van der Waals surface area contributed by atoms with Gasteiger partial charge in [0.15, 0.2) is 0 Å². The third-order valence-corrected chi connectivity index (χ3v) is 2.45. The van der Waals surface area contributed by atoms with E-state index in [0.29, 0.717) is 6.54 Å². The lowest BCUT2D eigenvalue weighted by atomic mass is 10.1. The average molecular weight is 221 g/mol. The van der Waals surface area contributed by atoms with Crippen LogP contribution >= 0.6 is 0 Å². The molecule has 2 N–H and O–H groups in total. The Balaban J connectivity index is 1.73. The second kappa shape index (κ2) is 5.41. The number of rotatable bonds is 4. The largest absolute Gasteiger partial charge is 0.351 e. The minimum absolute atomic E-state index is 0.0371. The van der Waals surface area contributed by atoms with Crippen molar-refractivity contribution < 1.29 is 4.79 Å². The molecule has 0 spiro atoms. The number of nitrogens with zero attached hydrogens (tertiary/aromatic N) is 3. The summed E-state index contributed by atoms with van der Waals surface area (Å²) in [5.74, 6) is -0.0371. The van der Waals surface area contributed by atoms with Gasteiger partial charge in [0.25, 0.3) is 0 Å². The second-order valence-electron chi connectivity index (χ2n) is 3.69. The van der Waals surface area contributed by atoms with Crippen LogP contribution in [0.15, 0.2) is 24.0 Å². The highest BCUT2D eigenvalue weighted by Gasteiger charge is 2.06. The third-order valence-electron chi connectivity index (χ3n) is 2.45. The first-order valence-electron chi connectivity index (χ1n) is 5.34. The molecule has 6 heteroatoms. The molecule has 0 aromatic carbocycles. The summed E-state index contributed by atoms with van der Waals surface area (Å²) in [6.07, 6.45) is 6.36. The molecule has 16 heavy (non-hydrogen) atoms. The Morgan fingerprint density at radius 2 is 2.56 bits per heavy atom. The van der Waals surface area contributed by atoms with Crippen LogP contribution in [0, 0.1) is 0 Å². The number of aromatic nitrogens is 3. The van der Waals surface area contributed by atoms with Gasteiger partial charge in [0.2, 0.25) is 5.91 Å². The molecular weight excluding hydrogens is 206 g/mol. The Labute approximate surface area is 93.7 Å². The Morgan fingerprint density at radius 3 is 3.25 bits per heavy atom.